The van der Waals surface area contributed by atoms with Crippen molar-refractivity contribution in [3.8, 4) is 0 Å². The van der Waals surface area contributed by atoms with E-state index in [1.165, 1.54) is 57.9 Å². The molecule has 0 aromatic rings. The van der Waals surface area contributed by atoms with Gasteiger partial charge in [-0.2, -0.15) is 0 Å². The van der Waals surface area contributed by atoms with Crippen LogP contribution in [0.15, 0.2) is 0 Å². The number of nitrogens with one attached hydrogen (secondary N) is 1. The van der Waals surface area contributed by atoms with E-state index in [1.807, 2.05) is 0 Å². The smallest absolute Gasteiger partial charge is 0.0126 e. The topological polar surface area (TPSA) is 15.3 Å². The fourth-order valence-corrected chi connectivity index (χ4v) is 4.24. The number of hydrogen-bond donors (Lipinski definition) is 1. The van der Waals surface area contributed by atoms with E-state index >= 15 is 0 Å². The minimum atomic E-state index is 0.267. The summed E-state index contributed by atoms with van der Waals surface area (Å²) >= 11 is 0. The summed E-state index contributed by atoms with van der Waals surface area (Å²) in [5.41, 5.74) is 0.267. The van der Waals surface area contributed by atoms with Crippen LogP contribution < -0.4 is 5.32 Å². The van der Waals surface area contributed by atoms with Crippen LogP contribution in [0.5, 0.6) is 0 Å². The zero-order valence-corrected chi connectivity index (χ0v) is 14.3. The molecule has 20 heavy (non-hydrogen) atoms. The lowest BCUT2D eigenvalue weighted by Gasteiger charge is -2.47. The van der Waals surface area contributed by atoms with Crippen LogP contribution in [-0.4, -0.2) is 35.6 Å². The van der Waals surface area contributed by atoms with Crippen LogP contribution >= 0.6 is 0 Å². The van der Waals surface area contributed by atoms with Crippen LogP contribution in [0.3, 0.4) is 0 Å². The van der Waals surface area contributed by atoms with E-state index in [2.05, 4.69) is 37.9 Å². The van der Waals surface area contributed by atoms with Gasteiger partial charge in [-0.25, -0.2) is 0 Å². The number of nitrogens with zero attached hydrogens (tertiary/aromatic N) is 1. The molecule has 3 atom stereocenters. The Kier molecular flexibility index (Phi) is 5.92. The van der Waals surface area contributed by atoms with Crippen LogP contribution in [0, 0.1) is 5.92 Å². The molecule has 1 saturated carbocycles. The zero-order valence-electron chi connectivity index (χ0n) is 14.3. The Labute approximate surface area is 126 Å². The summed E-state index contributed by atoms with van der Waals surface area (Å²) in [4.78, 5) is 2.87. The lowest BCUT2D eigenvalue weighted by atomic mass is 9.77. The van der Waals surface area contributed by atoms with Gasteiger partial charge >= 0.3 is 0 Å². The molecule has 0 spiro atoms. The van der Waals surface area contributed by atoms with Crippen molar-refractivity contribution in [2.24, 2.45) is 5.92 Å². The van der Waals surface area contributed by atoms with Crippen molar-refractivity contribution in [2.75, 3.05) is 13.1 Å². The summed E-state index contributed by atoms with van der Waals surface area (Å²) in [6.07, 6.45) is 11.5. The van der Waals surface area contributed by atoms with Crippen LogP contribution in [0.1, 0.15) is 79.1 Å². The summed E-state index contributed by atoms with van der Waals surface area (Å²) in [7, 11) is 0. The van der Waals surface area contributed by atoms with E-state index in [4.69, 9.17) is 0 Å². The predicted octanol–water partition coefficient (Wildman–Crippen LogP) is 4.20. The molecule has 1 aliphatic heterocycles. The molecule has 0 aromatic heterocycles. The maximum atomic E-state index is 3.62. The maximum Gasteiger partial charge on any atom is 0.0126 e. The minimum absolute atomic E-state index is 0.267. The average Bonchev–Trinajstić information content (AvgIpc) is 2.41. The van der Waals surface area contributed by atoms with Crippen molar-refractivity contribution in [3.05, 3.63) is 0 Å². The van der Waals surface area contributed by atoms with Gasteiger partial charge in [0.1, 0.15) is 0 Å². The fraction of sp³-hybridized carbons (Fsp3) is 1.00. The van der Waals surface area contributed by atoms with Gasteiger partial charge in [0, 0.05) is 17.6 Å². The van der Waals surface area contributed by atoms with Gasteiger partial charge in [0.2, 0.25) is 0 Å². The second-order valence-electron chi connectivity index (χ2n) is 8.16. The Balaban J connectivity index is 1.74. The highest BCUT2D eigenvalue weighted by Gasteiger charge is 2.34. The van der Waals surface area contributed by atoms with Gasteiger partial charge in [-0.15, -0.1) is 0 Å². The van der Waals surface area contributed by atoms with E-state index in [9.17, 15) is 0 Å². The molecule has 0 aromatic carbocycles. The molecule has 1 heterocycles. The van der Waals surface area contributed by atoms with Crippen molar-refractivity contribution in [1.82, 2.24) is 10.2 Å². The molecule has 0 radical (unpaired) electrons. The number of piperidine rings is 1. The first-order chi connectivity index (χ1) is 9.47. The van der Waals surface area contributed by atoms with Crippen LogP contribution in [-0.2, 0) is 0 Å². The van der Waals surface area contributed by atoms with E-state index < -0.39 is 0 Å². The zero-order chi connectivity index (χ0) is 14.6. The highest BCUT2D eigenvalue weighted by molar-refractivity contribution is 4.89. The van der Waals surface area contributed by atoms with E-state index in [-0.39, 0.29) is 5.54 Å². The number of hydrogen-bond acceptors (Lipinski definition) is 2. The molecule has 3 unspecified atom stereocenters. The van der Waals surface area contributed by atoms with Gasteiger partial charge in [0.25, 0.3) is 0 Å². The number of likely N-dealkylation sites (tertiary alicyclic amines) is 1. The van der Waals surface area contributed by atoms with Crippen molar-refractivity contribution in [2.45, 2.75) is 96.7 Å². The Morgan fingerprint density at radius 3 is 2.55 bits per heavy atom. The van der Waals surface area contributed by atoms with E-state index in [0.717, 1.165) is 24.5 Å². The molecular weight excluding hydrogens is 244 g/mol. The SMILES string of the molecule is CC(CCCNC(C)(C)C)N1CCCC2CCCCC21. The molecule has 0 amide bonds. The Bertz CT molecular complexity index is 280. The maximum absolute atomic E-state index is 3.62. The number of rotatable bonds is 5. The summed E-state index contributed by atoms with van der Waals surface area (Å²) in [5, 5.41) is 3.62. The van der Waals surface area contributed by atoms with Gasteiger partial charge in [0.15, 0.2) is 0 Å². The molecule has 1 saturated heterocycles. The summed E-state index contributed by atoms with van der Waals surface area (Å²) in [6, 6.07) is 1.70. The van der Waals surface area contributed by atoms with Crippen molar-refractivity contribution in [3.63, 3.8) is 0 Å². The largest absolute Gasteiger partial charge is 0.312 e. The minimum Gasteiger partial charge on any atom is -0.312 e. The molecule has 1 N–H and O–H groups in total. The molecule has 2 aliphatic rings. The Hall–Kier alpha value is -0.0800. The van der Waals surface area contributed by atoms with Crippen molar-refractivity contribution >= 4 is 0 Å². The summed E-state index contributed by atoms with van der Waals surface area (Å²) in [5.74, 6) is 1.02. The average molecular weight is 280 g/mol. The third-order valence-electron chi connectivity index (χ3n) is 5.31. The molecule has 2 heteroatoms. The van der Waals surface area contributed by atoms with Crippen LogP contribution in [0.4, 0.5) is 0 Å². The highest BCUT2D eigenvalue weighted by Crippen LogP contribution is 2.36. The second kappa shape index (κ2) is 7.26. The molecule has 1 aliphatic carbocycles. The Morgan fingerprint density at radius 1 is 1.10 bits per heavy atom. The quantitative estimate of drug-likeness (QED) is 0.759. The molecule has 2 fully saturated rings. The molecule has 0 bridgehead atoms. The van der Waals surface area contributed by atoms with Gasteiger partial charge < -0.3 is 5.32 Å². The second-order valence-corrected chi connectivity index (χ2v) is 8.16. The van der Waals surface area contributed by atoms with Gasteiger partial charge in [-0.1, -0.05) is 12.8 Å². The first-order valence-electron chi connectivity index (χ1n) is 8.98. The monoisotopic (exact) mass is 280 g/mol. The first kappa shape index (κ1) is 16.3. The lowest BCUT2D eigenvalue weighted by Crippen LogP contribution is -2.50. The van der Waals surface area contributed by atoms with Gasteiger partial charge in [-0.05, 0) is 85.2 Å². The van der Waals surface area contributed by atoms with Crippen molar-refractivity contribution in [1.29, 1.82) is 0 Å². The fourth-order valence-electron chi connectivity index (χ4n) is 4.24. The molecular formula is C18H36N2. The van der Waals surface area contributed by atoms with Crippen LogP contribution in [0.2, 0.25) is 0 Å². The van der Waals surface area contributed by atoms with Crippen LogP contribution in [0.25, 0.3) is 0 Å². The normalized spacial score (nSPS) is 30.0. The molecule has 118 valence electrons. The highest BCUT2D eigenvalue weighted by atomic mass is 15.2. The lowest BCUT2D eigenvalue weighted by molar-refractivity contribution is 0.0281. The first-order valence-corrected chi connectivity index (χ1v) is 8.98. The summed E-state index contributed by atoms with van der Waals surface area (Å²) < 4.78 is 0. The van der Waals surface area contributed by atoms with Crippen molar-refractivity contribution < 1.29 is 0 Å². The number of fused-ring (bicyclic) bond motifs is 1. The summed E-state index contributed by atoms with van der Waals surface area (Å²) in [6.45, 7) is 11.8. The molecule has 2 rings (SSSR count). The standard InChI is InChI=1S/C18H36N2/c1-15(9-7-13-19-18(2,3)4)20-14-8-11-16-10-5-6-12-17(16)20/h15-17,19H,5-14H2,1-4H3. The third kappa shape index (κ3) is 4.73. The van der Waals surface area contributed by atoms with Gasteiger partial charge in [-0.3, -0.25) is 4.90 Å². The Morgan fingerprint density at radius 2 is 1.80 bits per heavy atom. The van der Waals surface area contributed by atoms with Gasteiger partial charge in [0.05, 0.1) is 0 Å². The van der Waals surface area contributed by atoms with E-state index in [0.29, 0.717) is 0 Å². The third-order valence-corrected chi connectivity index (χ3v) is 5.31. The predicted molar refractivity (Wildman–Crippen MR) is 88.1 cm³/mol. The van der Waals surface area contributed by atoms with E-state index in [1.54, 1.807) is 0 Å². The molecule has 2 nitrogen and oxygen atoms in total.